The third-order valence-corrected chi connectivity index (χ3v) is 2.95. The molecule has 0 fully saturated rings. The number of hydrogen-bond donors (Lipinski definition) is 2. The van der Waals surface area contributed by atoms with Gasteiger partial charge >= 0.3 is 5.97 Å². The van der Waals surface area contributed by atoms with E-state index in [4.69, 9.17) is 16.7 Å². The van der Waals surface area contributed by atoms with Crippen molar-refractivity contribution in [2.24, 2.45) is 0 Å². The Hall–Kier alpha value is -1.22. The van der Waals surface area contributed by atoms with Gasteiger partial charge in [-0.25, -0.2) is 0 Å². The Kier molecular flexibility index (Phi) is 2.82. The van der Waals surface area contributed by atoms with E-state index in [9.17, 15) is 4.79 Å². The second-order valence-electron chi connectivity index (χ2n) is 3.75. The molecular formula is C11H12ClNO2. The van der Waals surface area contributed by atoms with Crippen molar-refractivity contribution >= 4 is 23.3 Å². The zero-order chi connectivity index (χ0) is 10.8. The molecule has 1 heterocycles. The van der Waals surface area contributed by atoms with E-state index in [2.05, 4.69) is 5.32 Å². The number of hydrogen-bond acceptors (Lipinski definition) is 2. The van der Waals surface area contributed by atoms with Gasteiger partial charge in [-0.2, -0.15) is 0 Å². The molecule has 0 saturated carbocycles. The van der Waals surface area contributed by atoms with Crippen LogP contribution in [0, 0.1) is 0 Å². The summed E-state index contributed by atoms with van der Waals surface area (Å²) in [4.78, 5) is 10.6. The highest BCUT2D eigenvalue weighted by molar-refractivity contribution is 6.33. The Morgan fingerprint density at radius 2 is 2.40 bits per heavy atom. The van der Waals surface area contributed by atoms with Crippen LogP contribution in [0.15, 0.2) is 18.2 Å². The summed E-state index contributed by atoms with van der Waals surface area (Å²) in [5.41, 5.74) is 2.07. The topological polar surface area (TPSA) is 49.3 Å². The van der Waals surface area contributed by atoms with E-state index in [1.54, 1.807) is 0 Å². The molecule has 80 valence electrons. The van der Waals surface area contributed by atoms with E-state index in [0.717, 1.165) is 18.5 Å². The molecule has 2 N–H and O–H groups in total. The van der Waals surface area contributed by atoms with Gasteiger partial charge in [-0.3, -0.25) is 4.79 Å². The number of carboxylic acid groups (broad SMARTS) is 1. The SMILES string of the molecule is O=C(O)CC1CCc2cccc(Cl)c2N1. The molecule has 0 radical (unpaired) electrons. The van der Waals surface area contributed by atoms with Gasteiger partial charge in [0.2, 0.25) is 0 Å². The number of halogens is 1. The van der Waals surface area contributed by atoms with Gasteiger partial charge in [0.05, 0.1) is 17.1 Å². The summed E-state index contributed by atoms with van der Waals surface area (Å²) >= 11 is 6.03. The zero-order valence-corrected chi connectivity index (χ0v) is 8.92. The van der Waals surface area contributed by atoms with Crippen molar-refractivity contribution < 1.29 is 9.90 Å². The van der Waals surface area contributed by atoms with Gasteiger partial charge in [0.25, 0.3) is 0 Å². The van der Waals surface area contributed by atoms with Crippen LogP contribution in [0.4, 0.5) is 5.69 Å². The monoisotopic (exact) mass is 225 g/mol. The van der Waals surface area contributed by atoms with Gasteiger partial charge < -0.3 is 10.4 Å². The second kappa shape index (κ2) is 4.11. The van der Waals surface area contributed by atoms with Crippen LogP contribution in [0.1, 0.15) is 18.4 Å². The Labute approximate surface area is 93.1 Å². The van der Waals surface area contributed by atoms with Crippen molar-refractivity contribution in [3.05, 3.63) is 28.8 Å². The predicted molar refractivity (Wildman–Crippen MR) is 59.4 cm³/mol. The summed E-state index contributed by atoms with van der Waals surface area (Å²) in [7, 11) is 0. The van der Waals surface area contributed by atoms with Crippen molar-refractivity contribution in [3.8, 4) is 0 Å². The van der Waals surface area contributed by atoms with Crippen molar-refractivity contribution in [1.82, 2.24) is 0 Å². The maximum Gasteiger partial charge on any atom is 0.305 e. The molecule has 15 heavy (non-hydrogen) atoms. The van der Waals surface area contributed by atoms with Crippen molar-refractivity contribution in [3.63, 3.8) is 0 Å². The lowest BCUT2D eigenvalue weighted by Gasteiger charge is -2.26. The molecule has 1 unspecified atom stereocenters. The molecule has 3 nitrogen and oxygen atoms in total. The fourth-order valence-corrected chi connectivity index (χ4v) is 2.16. The van der Waals surface area contributed by atoms with Crippen molar-refractivity contribution in [1.29, 1.82) is 0 Å². The first-order chi connectivity index (χ1) is 7.16. The summed E-state index contributed by atoms with van der Waals surface area (Å²) in [6, 6.07) is 5.75. The third kappa shape index (κ3) is 2.23. The molecule has 2 rings (SSSR count). The largest absolute Gasteiger partial charge is 0.481 e. The fraction of sp³-hybridized carbons (Fsp3) is 0.364. The predicted octanol–water partition coefficient (Wildman–Crippen LogP) is 2.54. The quantitative estimate of drug-likeness (QED) is 0.813. The van der Waals surface area contributed by atoms with E-state index in [0.29, 0.717) is 5.02 Å². The van der Waals surface area contributed by atoms with Crippen LogP contribution in [-0.4, -0.2) is 17.1 Å². The van der Waals surface area contributed by atoms with Gasteiger partial charge in [0.1, 0.15) is 0 Å². The molecule has 0 amide bonds. The van der Waals surface area contributed by atoms with Crippen LogP contribution in [0.3, 0.4) is 0 Å². The van der Waals surface area contributed by atoms with E-state index < -0.39 is 5.97 Å². The standard InChI is InChI=1S/C11H12ClNO2/c12-9-3-1-2-7-4-5-8(6-10(14)15)13-11(7)9/h1-3,8,13H,4-6H2,(H,14,15). The number of benzene rings is 1. The average Bonchev–Trinajstić information content (AvgIpc) is 2.18. The highest BCUT2D eigenvalue weighted by atomic mass is 35.5. The Balaban J connectivity index is 2.18. The van der Waals surface area contributed by atoms with Gasteiger partial charge in [0.15, 0.2) is 0 Å². The molecule has 0 aromatic heterocycles. The van der Waals surface area contributed by atoms with Crippen LogP contribution >= 0.6 is 11.6 Å². The first kappa shape index (κ1) is 10.3. The van der Waals surface area contributed by atoms with Crippen molar-refractivity contribution in [2.45, 2.75) is 25.3 Å². The Bertz CT molecular complexity index is 392. The highest BCUT2D eigenvalue weighted by Crippen LogP contribution is 2.32. The third-order valence-electron chi connectivity index (χ3n) is 2.63. The molecule has 0 spiro atoms. The van der Waals surface area contributed by atoms with E-state index in [1.807, 2.05) is 18.2 Å². The zero-order valence-electron chi connectivity index (χ0n) is 8.16. The number of carbonyl (C=O) groups is 1. The van der Waals surface area contributed by atoms with Crippen LogP contribution in [0.2, 0.25) is 5.02 Å². The minimum absolute atomic E-state index is 0.00472. The van der Waals surface area contributed by atoms with Crippen LogP contribution in [-0.2, 0) is 11.2 Å². The summed E-state index contributed by atoms with van der Waals surface area (Å²) in [6.07, 6.45) is 1.88. The number of para-hydroxylation sites is 1. The first-order valence-electron chi connectivity index (χ1n) is 4.92. The minimum atomic E-state index is -0.775. The molecule has 1 aromatic rings. The maximum absolute atomic E-state index is 10.6. The molecule has 0 aliphatic carbocycles. The number of fused-ring (bicyclic) bond motifs is 1. The Morgan fingerprint density at radius 3 is 3.13 bits per heavy atom. The lowest BCUT2D eigenvalue weighted by Crippen LogP contribution is -2.28. The summed E-state index contributed by atoms with van der Waals surface area (Å²) < 4.78 is 0. The lowest BCUT2D eigenvalue weighted by atomic mass is 9.96. The summed E-state index contributed by atoms with van der Waals surface area (Å²) in [6.45, 7) is 0. The minimum Gasteiger partial charge on any atom is -0.481 e. The number of aryl methyl sites for hydroxylation is 1. The number of anilines is 1. The van der Waals surface area contributed by atoms with Gasteiger partial charge in [-0.05, 0) is 24.5 Å². The summed E-state index contributed by atoms with van der Waals surface area (Å²) in [5, 5.41) is 12.6. The smallest absolute Gasteiger partial charge is 0.305 e. The first-order valence-corrected chi connectivity index (χ1v) is 5.30. The molecule has 4 heteroatoms. The average molecular weight is 226 g/mol. The molecule has 1 atom stereocenters. The lowest BCUT2D eigenvalue weighted by molar-refractivity contribution is -0.137. The van der Waals surface area contributed by atoms with Crippen LogP contribution in [0.5, 0.6) is 0 Å². The molecule has 1 aliphatic heterocycles. The molecule has 1 aliphatic rings. The van der Waals surface area contributed by atoms with Crippen LogP contribution in [0.25, 0.3) is 0 Å². The fourth-order valence-electron chi connectivity index (χ4n) is 1.91. The number of aliphatic carboxylic acids is 1. The number of rotatable bonds is 2. The Morgan fingerprint density at radius 1 is 1.60 bits per heavy atom. The van der Waals surface area contributed by atoms with Crippen LogP contribution < -0.4 is 5.32 Å². The van der Waals surface area contributed by atoms with Crippen molar-refractivity contribution in [2.75, 3.05) is 5.32 Å². The van der Waals surface area contributed by atoms with E-state index in [-0.39, 0.29) is 12.5 Å². The molecule has 1 aromatic carbocycles. The number of carboxylic acids is 1. The van der Waals surface area contributed by atoms with E-state index in [1.165, 1.54) is 5.56 Å². The van der Waals surface area contributed by atoms with Gasteiger partial charge in [0, 0.05) is 6.04 Å². The second-order valence-corrected chi connectivity index (χ2v) is 4.16. The maximum atomic E-state index is 10.6. The highest BCUT2D eigenvalue weighted by Gasteiger charge is 2.21. The molecule has 0 saturated heterocycles. The normalized spacial score (nSPS) is 19.1. The van der Waals surface area contributed by atoms with Gasteiger partial charge in [-0.1, -0.05) is 23.7 Å². The molecular weight excluding hydrogens is 214 g/mol. The van der Waals surface area contributed by atoms with E-state index >= 15 is 0 Å². The summed E-state index contributed by atoms with van der Waals surface area (Å²) in [5.74, 6) is -0.775. The van der Waals surface area contributed by atoms with Gasteiger partial charge in [-0.15, -0.1) is 0 Å². The number of nitrogens with one attached hydrogen (secondary N) is 1. The molecule has 0 bridgehead atoms.